The maximum absolute atomic E-state index is 11.5. The number of hydrogen-bond acceptors (Lipinski definition) is 6. The summed E-state index contributed by atoms with van der Waals surface area (Å²) in [6.45, 7) is 0.165. The average molecular weight is 248 g/mol. The molecular formula is C8H12N2O5S. The summed E-state index contributed by atoms with van der Waals surface area (Å²) in [7, 11) is -2.42. The van der Waals surface area contributed by atoms with E-state index in [1.54, 1.807) is 6.07 Å². The van der Waals surface area contributed by atoms with Crippen LogP contribution in [0.2, 0.25) is 0 Å². The predicted molar refractivity (Wildman–Crippen MR) is 52.7 cm³/mol. The van der Waals surface area contributed by atoms with Gasteiger partial charge < -0.3 is 9.47 Å². The number of rotatable bonds is 3. The quantitative estimate of drug-likeness (QED) is 0.577. The van der Waals surface area contributed by atoms with E-state index in [-0.39, 0.29) is 19.7 Å². The first kappa shape index (κ1) is 12.9. The van der Waals surface area contributed by atoms with Gasteiger partial charge in [-0.25, -0.2) is 13.2 Å². The van der Waals surface area contributed by atoms with Crippen LogP contribution in [-0.4, -0.2) is 57.4 Å². The van der Waals surface area contributed by atoms with E-state index in [2.05, 4.69) is 4.74 Å². The van der Waals surface area contributed by atoms with E-state index in [0.717, 1.165) is 4.31 Å². The Morgan fingerprint density at radius 3 is 2.94 bits per heavy atom. The lowest BCUT2D eigenvalue weighted by molar-refractivity contribution is -0.157. The Morgan fingerprint density at radius 1 is 1.69 bits per heavy atom. The summed E-state index contributed by atoms with van der Waals surface area (Å²) in [6, 6.07) is 1.58. The second-order valence-electron chi connectivity index (χ2n) is 3.15. The molecule has 90 valence electrons. The Hall–Kier alpha value is -1.17. The van der Waals surface area contributed by atoms with Crippen LogP contribution in [0.5, 0.6) is 0 Å². The van der Waals surface area contributed by atoms with E-state index in [1.807, 2.05) is 0 Å². The Labute approximate surface area is 93.6 Å². The normalized spacial score (nSPS) is 22.4. The second kappa shape index (κ2) is 5.25. The first-order valence-electron chi connectivity index (χ1n) is 4.55. The smallest absolute Gasteiger partial charge is 0.336 e. The number of sulfonamides is 1. The molecule has 1 saturated heterocycles. The summed E-state index contributed by atoms with van der Waals surface area (Å²) in [4.78, 5) is 11.2. The van der Waals surface area contributed by atoms with Crippen molar-refractivity contribution < 1.29 is 22.7 Å². The van der Waals surface area contributed by atoms with Gasteiger partial charge in [-0.2, -0.15) is 9.57 Å². The van der Waals surface area contributed by atoms with Gasteiger partial charge >= 0.3 is 5.97 Å². The summed E-state index contributed by atoms with van der Waals surface area (Å²) < 4.78 is 33.7. The molecule has 0 bridgehead atoms. The third-order valence-corrected chi connectivity index (χ3v) is 3.75. The number of ether oxygens (including phenoxy) is 2. The van der Waals surface area contributed by atoms with Crippen LogP contribution in [0.3, 0.4) is 0 Å². The molecule has 0 aromatic rings. The van der Waals surface area contributed by atoms with Crippen LogP contribution < -0.4 is 0 Å². The molecule has 0 N–H and O–H groups in total. The van der Waals surface area contributed by atoms with E-state index >= 15 is 0 Å². The van der Waals surface area contributed by atoms with E-state index in [1.165, 1.54) is 7.11 Å². The molecule has 1 aliphatic heterocycles. The number of esters is 1. The van der Waals surface area contributed by atoms with Crippen LogP contribution in [0.15, 0.2) is 0 Å². The van der Waals surface area contributed by atoms with E-state index in [4.69, 9.17) is 10.00 Å². The molecule has 1 rings (SSSR count). The SMILES string of the molecule is COC(=O)C1CN(S(=O)(=O)CC#N)CCO1. The molecule has 0 saturated carbocycles. The highest BCUT2D eigenvalue weighted by molar-refractivity contribution is 7.89. The molecule has 0 aromatic heterocycles. The summed E-state index contributed by atoms with van der Waals surface area (Å²) in [5.41, 5.74) is 0. The van der Waals surface area contributed by atoms with Gasteiger partial charge in [0.25, 0.3) is 0 Å². The topological polar surface area (TPSA) is 96.7 Å². The van der Waals surface area contributed by atoms with E-state index in [0.29, 0.717) is 0 Å². The zero-order valence-corrected chi connectivity index (χ0v) is 9.57. The van der Waals surface area contributed by atoms with E-state index in [9.17, 15) is 13.2 Å². The number of methoxy groups -OCH3 is 1. The van der Waals surface area contributed by atoms with Crippen molar-refractivity contribution in [1.29, 1.82) is 5.26 Å². The lowest BCUT2D eigenvalue weighted by Gasteiger charge is -2.29. The molecule has 16 heavy (non-hydrogen) atoms. The van der Waals surface area contributed by atoms with Crippen LogP contribution >= 0.6 is 0 Å². The van der Waals surface area contributed by atoms with Crippen LogP contribution in [0.25, 0.3) is 0 Å². The summed E-state index contributed by atoms with van der Waals surface area (Å²) in [6.07, 6.45) is -0.910. The lowest BCUT2D eigenvalue weighted by Crippen LogP contribution is -2.49. The highest BCUT2D eigenvalue weighted by Gasteiger charge is 2.33. The van der Waals surface area contributed by atoms with Crippen molar-refractivity contribution in [3.8, 4) is 6.07 Å². The van der Waals surface area contributed by atoms with Crippen molar-refractivity contribution in [1.82, 2.24) is 4.31 Å². The number of carbonyl (C=O) groups is 1. The molecule has 8 heteroatoms. The van der Waals surface area contributed by atoms with Crippen molar-refractivity contribution in [2.24, 2.45) is 0 Å². The Balaban J connectivity index is 2.71. The molecule has 1 aliphatic rings. The summed E-state index contributed by atoms with van der Waals surface area (Å²) in [5.74, 6) is -1.21. The number of nitriles is 1. The molecule has 0 aliphatic carbocycles. The van der Waals surface area contributed by atoms with Gasteiger partial charge in [-0.05, 0) is 0 Å². The van der Waals surface area contributed by atoms with Gasteiger partial charge in [-0.3, -0.25) is 0 Å². The van der Waals surface area contributed by atoms with Gasteiger partial charge in [0.15, 0.2) is 11.9 Å². The van der Waals surface area contributed by atoms with E-state index < -0.39 is 27.8 Å². The largest absolute Gasteiger partial charge is 0.467 e. The minimum Gasteiger partial charge on any atom is -0.467 e. The minimum atomic E-state index is -3.62. The molecule has 1 heterocycles. The highest BCUT2D eigenvalue weighted by atomic mass is 32.2. The monoisotopic (exact) mass is 248 g/mol. The number of carbonyl (C=O) groups excluding carboxylic acids is 1. The maximum Gasteiger partial charge on any atom is 0.336 e. The molecular weight excluding hydrogens is 236 g/mol. The van der Waals surface area contributed by atoms with Gasteiger partial charge in [-0.15, -0.1) is 0 Å². The fraction of sp³-hybridized carbons (Fsp3) is 0.750. The van der Waals surface area contributed by atoms with Crippen molar-refractivity contribution in [3.05, 3.63) is 0 Å². The summed E-state index contributed by atoms with van der Waals surface area (Å²) >= 11 is 0. The first-order chi connectivity index (χ1) is 7.51. The fourth-order valence-electron chi connectivity index (χ4n) is 1.33. The van der Waals surface area contributed by atoms with Crippen molar-refractivity contribution in [2.75, 3.05) is 32.6 Å². The molecule has 0 amide bonds. The zero-order valence-electron chi connectivity index (χ0n) is 8.75. The molecule has 0 spiro atoms. The van der Waals surface area contributed by atoms with Crippen molar-refractivity contribution >= 4 is 16.0 Å². The summed E-state index contributed by atoms with van der Waals surface area (Å²) in [5, 5.41) is 8.38. The fourth-order valence-corrected chi connectivity index (χ4v) is 2.39. The molecule has 1 unspecified atom stereocenters. The Bertz CT molecular complexity index is 399. The van der Waals surface area contributed by atoms with Crippen LogP contribution in [-0.2, 0) is 24.3 Å². The molecule has 0 aromatic carbocycles. The average Bonchev–Trinajstić information content (AvgIpc) is 2.28. The standard InChI is InChI=1S/C8H12N2O5S/c1-14-8(11)7-6-10(3-4-15-7)16(12,13)5-2-9/h7H,3-6H2,1H3. The van der Waals surface area contributed by atoms with Crippen LogP contribution in [0, 0.1) is 11.3 Å². The minimum absolute atomic E-state index is 0.101. The lowest BCUT2D eigenvalue weighted by atomic mass is 10.3. The third-order valence-electron chi connectivity index (χ3n) is 2.13. The second-order valence-corrected chi connectivity index (χ2v) is 5.12. The zero-order chi connectivity index (χ0) is 12.2. The van der Waals surface area contributed by atoms with Crippen molar-refractivity contribution in [2.45, 2.75) is 6.10 Å². The predicted octanol–water partition coefficient (Wildman–Crippen LogP) is -1.29. The first-order valence-corrected chi connectivity index (χ1v) is 6.16. The van der Waals surface area contributed by atoms with Crippen LogP contribution in [0.4, 0.5) is 0 Å². The van der Waals surface area contributed by atoms with Gasteiger partial charge in [-0.1, -0.05) is 0 Å². The van der Waals surface area contributed by atoms with Gasteiger partial charge in [0.05, 0.1) is 26.3 Å². The van der Waals surface area contributed by atoms with Gasteiger partial charge in [0.1, 0.15) is 0 Å². The number of morpholine rings is 1. The van der Waals surface area contributed by atoms with Crippen LogP contribution in [0.1, 0.15) is 0 Å². The maximum atomic E-state index is 11.5. The molecule has 1 fully saturated rings. The van der Waals surface area contributed by atoms with Gasteiger partial charge in [0, 0.05) is 6.54 Å². The molecule has 1 atom stereocenters. The number of hydrogen-bond donors (Lipinski definition) is 0. The third kappa shape index (κ3) is 2.91. The Kier molecular flexibility index (Phi) is 4.23. The number of nitrogens with zero attached hydrogens (tertiary/aromatic N) is 2. The van der Waals surface area contributed by atoms with Crippen molar-refractivity contribution in [3.63, 3.8) is 0 Å². The highest BCUT2D eigenvalue weighted by Crippen LogP contribution is 2.11. The Morgan fingerprint density at radius 2 is 2.38 bits per heavy atom. The molecule has 7 nitrogen and oxygen atoms in total. The molecule has 0 radical (unpaired) electrons. The van der Waals surface area contributed by atoms with Gasteiger partial charge in [0.2, 0.25) is 10.0 Å².